The number of hydrogen-bond acceptors (Lipinski definition) is 6. The van der Waals surface area contributed by atoms with Crippen LogP contribution in [0.2, 0.25) is 0 Å². The second kappa shape index (κ2) is 9.36. The average Bonchev–Trinajstić information content (AvgIpc) is 2.69. The summed E-state index contributed by atoms with van der Waals surface area (Å²) in [7, 11) is 0. The van der Waals surface area contributed by atoms with E-state index in [9.17, 15) is 24.2 Å². The quantitative estimate of drug-likeness (QED) is 0.623. The fourth-order valence-corrected chi connectivity index (χ4v) is 3.16. The molecule has 6 nitrogen and oxygen atoms in total. The Hall–Kier alpha value is -3.11. The van der Waals surface area contributed by atoms with E-state index in [-0.39, 0.29) is 42.1 Å². The average molecular weight is 426 g/mol. The largest absolute Gasteiger partial charge is 0.508 e. The molecule has 0 amide bonds. The Morgan fingerprint density at radius 1 is 1.16 bits per heavy atom. The van der Waals surface area contributed by atoms with Gasteiger partial charge in [-0.25, -0.2) is 4.39 Å². The van der Waals surface area contributed by atoms with Gasteiger partial charge in [-0.15, -0.1) is 0 Å². The first-order valence-electron chi connectivity index (χ1n) is 9.92. The highest BCUT2D eigenvalue weighted by molar-refractivity contribution is 5.95. The molecule has 1 heterocycles. The summed E-state index contributed by atoms with van der Waals surface area (Å²) >= 11 is 0. The summed E-state index contributed by atoms with van der Waals surface area (Å²) in [6, 6.07) is 7.51. The molecule has 1 aromatic heterocycles. The number of aliphatic hydroxyl groups is 1. The van der Waals surface area contributed by atoms with Crippen LogP contribution < -0.4 is 0 Å². The van der Waals surface area contributed by atoms with Gasteiger partial charge in [0.1, 0.15) is 23.0 Å². The summed E-state index contributed by atoms with van der Waals surface area (Å²) in [6.45, 7) is 6.59. The summed E-state index contributed by atoms with van der Waals surface area (Å²) in [5.74, 6) is -1.32. The predicted molar refractivity (Wildman–Crippen MR) is 113 cm³/mol. The number of rotatable bonds is 8. The third kappa shape index (κ3) is 6.19. The highest BCUT2D eigenvalue weighted by Crippen LogP contribution is 2.32. The third-order valence-electron chi connectivity index (χ3n) is 5.04. The zero-order valence-corrected chi connectivity index (χ0v) is 18.2. The van der Waals surface area contributed by atoms with Crippen LogP contribution in [0.5, 0.6) is 5.75 Å². The molecule has 1 aromatic carbocycles. The maximum absolute atomic E-state index is 14.5. The molecule has 2 rings (SSSR count). The molecule has 0 fully saturated rings. The number of carbonyl (C=O) groups excluding carboxylic acids is 2. The van der Waals surface area contributed by atoms with E-state index < -0.39 is 29.0 Å². The molecule has 2 N–H and O–H groups in total. The van der Waals surface area contributed by atoms with E-state index in [0.29, 0.717) is 11.1 Å². The lowest BCUT2D eigenvalue weighted by Gasteiger charge is -2.21. The number of hydrogen-bond donors (Lipinski definition) is 2. The minimum atomic E-state index is -1.21. The Morgan fingerprint density at radius 2 is 1.84 bits per heavy atom. The van der Waals surface area contributed by atoms with Gasteiger partial charge in [-0.2, -0.15) is 5.26 Å². The van der Waals surface area contributed by atoms with Crippen molar-refractivity contribution in [2.24, 2.45) is 5.41 Å². The van der Waals surface area contributed by atoms with Gasteiger partial charge in [0.25, 0.3) is 0 Å². The van der Waals surface area contributed by atoms with Gasteiger partial charge in [0.05, 0.1) is 18.1 Å². The fraction of sp³-hybridized carbons (Fsp3) is 0.417. The van der Waals surface area contributed by atoms with Crippen LogP contribution in [0.3, 0.4) is 0 Å². The second-order valence-corrected chi connectivity index (χ2v) is 9.08. The van der Waals surface area contributed by atoms with Gasteiger partial charge >= 0.3 is 0 Å². The zero-order valence-electron chi connectivity index (χ0n) is 18.2. The molecular weight excluding hydrogens is 399 g/mol. The molecule has 0 saturated heterocycles. The zero-order chi connectivity index (χ0) is 23.4. The van der Waals surface area contributed by atoms with Crippen LogP contribution >= 0.6 is 0 Å². The number of aromatic nitrogens is 1. The number of benzene rings is 1. The first-order chi connectivity index (χ1) is 14.4. The summed E-state index contributed by atoms with van der Waals surface area (Å²) in [6.07, 6.45) is 0.948. The van der Waals surface area contributed by atoms with Crippen molar-refractivity contribution < 1.29 is 24.2 Å². The molecule has 2 aromatic rings. The van der Waals surface area contributed by atoms with Gasteiger partial charge in [-0.3, -0.25) is 14.6 Å². The highest BCUT2D eigenvalue weighted by atomic mass is 19.1. The molecule has 7 heteroatoms. The molecule has 164 valence electrons. The van der Waals surface area contributed by atoms with E-state index in [1.165, 1.54) is 31.3 Å². The van der Waals surface area contributed by atoms with Crippen molar-refractivity contribution >= 4 is 11.6 Å². The molecule has 0 radical (unpaired) electrons. The number of phenolic OH excluding ortho intramolecular Hbond substituents is 1. The van der Waals surface area contributed by atoms with Crippen LogP contribution in [0.25, 0.3) is 0 Å². The Kier molecular flexibility index (Phi) is 7.29. The molecule has 0 bridgehead atoms. The van der Waals surface area contributed by atoms with Gasteiger partial charge in [0.2, 0.25) is 0 Å². The van der Waals surface area contributed by atoms with Gasteiger partial charge in [-0.05, 0) is 47.7 Å². The fourth-order valence-electron chi connectivity index (χ4n) is 3.16. The standard InChI is InChI=1S/C24H27FN2O4/c1-23(2,3)18-11-19(25)16(10-21(18)30)9-17(29)7-15-5-6-27-20(8-15)22(31)12-24(4,13-26)14-28/h5-6,8,10-11,28,30H,7,9,12,14H2,1-4H3/t24-/m1/s1. The monoisotopic (exact) mass is 426 g/mol. The number of phenols is 1. The maximum atomic E-state index is 14.5. The van der Waals surface area contributed by atoms with Gasteiger partial charge < -0.3 is 10.2 Å². The van der Waals surface area contributed by atoms with Crippen molar-refractivity contribution in [1.29, 1.82) is 5.26 Å². The van der Waals surface area contributed by atoms with E-state index >= 15 is 0 Å². The van der Waals surface area contributed by atoms with Crippen molar-refractivity contribution in [2.45, 2.75) is 52.4 Å². The van der Waals surface area contributed by atoms with Crippen molar-refractivity contribution in [3.05, 3.63) is 58.7 Å². The molecule has 0 aliphatic carbocycles. The van der Waals surface area contributed by atoms with Crippen LogP contribution in [0.15, 0.2) is 30.5 Å². The minimum Gasteiger partial charge on any atom is -0.508 e. The van der Waals surface area contributed by atoms with Crippen molar-refractivity contribution in [3.8, 4) is 11.8 Å². The van der Waals surface area contributed by atoms with Crippen molar-refractivity contribution in [3.63, 3.8) is 0 Å². The SMILES string of the molecule is CC(C)(C)c1cc(F)c(CC(=O)Cc2ccnc(C(=O)C[C@](C)(C#N)CO)c2)cc1O. The Balaban J connectivity index is 2.14. The number of nitrogens with zero attached hydrogens (tertiary/aromatic N) is 2. The second-order valence-electron chi connectivity index (χ2n) is 9.08. The number of pyridine rings is 1. The molecule has 31 heavy (non-hydrogen) atoms. The van der Waals surface area contributed by atoms with Crippen LogP contribution in [-0.4, -0.2) is 33.4 Å². The molecule has 0 aliphatic rings. The Labute approximate surface area is 181 Å². The lowest BCUT2D eigenvalue weighted by Crippen LogP contribution is -2.23. The van der Waals surface area contributed by atoms with E-state index in [0.717, 1.165) is 0 Å². The van der Waals surface area contributed by atoms with E-state index in [1.807, 2.05) is 26.8 Å². The number of aromatic hydroxyl groups is 1. The number of Topliss-reactive ketones (excluding diaryl/α,β-unsaturated/α-hetero) is 2. The predicted octanol–water partition coefficient (Wildman–Crippen LogP) is 3.67. The van der Waals surface area contributed by atoms with Crippen LogP contribution in [0, 0.1) is 22.6 Å². The minimum absolute atomic E-state index is 0.0421. The highest BCUT2D eigenvalue weighted by Gasteiger charge is 2.28. The number of ketones is 2. The molecule has 0 spiro atoms. The van der Waals surface area contributed by atoms with Crippen molar-refractivity contribution in [1.82, 2.24) is 4.98 Å². The lowest BCUT2D eigenvalue weighted by molar-refractivity contribution is -0.117. The summed E-state index contributed by atoms with van der Waals surface area (Å²) in [5.41, 5.74) is -0.450. The first kappa shape index (κ1) is 24.2. The number of carbonyl (C=O) groups is 2. The van der Waals surface area contributed by atoms with Gasteiger partial charge in [-0.1, -0.05) is 20.8 Å². The lowest BCUT2D eigenvalue weighted by atomic mass is 9.85. The van der Waals surface area contributed by atoms with E-state index in [2.05, 4.69) is 4.98 Å². The van der Waals surface area contributed by atoms with E-state index in [4.69, 9.17) is 5.26 Å². The maximum Gasteiger partial charge on any atom is 0.182 e. The molecule has 0 aliphatic heterocycles. The topological polar surface area (TPSA) is 111 Å². The number of nitriles is 1. The van der Waals surface area contributed by atoms with Gasteiger partial charge in [0.15, 0.2) is 5.78 Å². The Morgan fingerprint density at radius 3 is 2.42 bits per heavy atom. The molecule has 0 saturated carbocycles. The van der Waals surface area contributed by atoms with Crippen molar-refractivity contribution in [2.75, 3.05) is 6.61 Å². The van der Waals surface area contributed by atoms with Gasteiger partial charge in [0, 0.05) is 31.0 Å². The number of aliphatic hydroxyl groups excluding tert-OH is 1. The summed E-state index contributed by atoms with van der Waals surface area (Å²) in [4.78, 5) is 28.9. The van der Waals surface area contributed by atoms with Crippen LogP contribution in [0.4, 0.5) is 4.39 Å². The van der Waals surface area contributed by atoms with Crippen LogP contribution in [-0.2, 0) is 23.1 Å². The smallest absolute Gasteiger partial charge is 0.182 e. The molecular formula is C24H27FN2O4. The normalized spacial score (nSPS) is 13.3. The third-order valence-corrected chi connectivity index (χ3v) is 5.04. The summed E-state index contributed by atoms with van der Waals surface area (Å²) < 4.78 is 14.5. The molecule has 1 atom stereocenters. The Bertz CT molecular complexity index is 1040. The van der Waals surface area contributed by atoms with E-state index in [1.54, 1.807) is 6.07 Å². The number of halogens is 1. The van der Waals surface area contributed by atoms with Crippen LogP contribution in [0.1, 0.15) is 61.3 Å². The summed E-state index contributed by atoms with van der Waals surface area (Å²) in [5, 5.41) is 28.7. The first-order valence-corrected chi connectivity index (χ1v) is 9.92. The molecule has 0 unspecified atom stereocenters.